The Morgan fingerprint density at radius 2 is 1.68 bits per heavy atom. The summed E-state index contributed by atoms with van der Waals surface area (Å²) >= 11 is 11.9. The molecule has 1 heterocycles. The number of rotatable bonds is 7. The van der Waals surface area contributed by atoms with Crippen LogP contribution in [0.15, 0.2) is 64.9 Å². The fourth-order valence-corrected chi connectivity index (χ4v) is 4.72. The SMILES string of the molecule is CC(C)O/N=C(\CNC(=O)c1ccc(C2=NOC(c3cc(Cl)cc(Cl)c3)(C(F)(F)F)C2)c2ccccc12)C(F)(F)F. The zero-order valence-corrected chi connectivity index (χ0v) is 22.8. The monoisotopic (exact) mass is 619 g/mol. The van der Waals surface area contributed by atoms with Crippen molar-refractivity contribution in [3.05, 3.63) is 81.3 Å². The first-order valence-electron chi connectivity index (χ1n) is 12.0. The first-order chi connectivity index (χ1) is 19.1. The highest BCUT2D eigenvalue weighted by atomic mass is 35.5. The highest BCUT2D eigenvalue weighted by Crippen LogP contribution is 2.50. The van der Waals surface area contributed by atoms with E-state index in [9.17, 15) is 31.1 Å². The van der Waals surface area contributed by atoms with Crippen LogP contribution in [0.3, 0.4) is 0 Å². The molecule has 0 radical (unpaired) electrons. The number of amides is 1. The van der Waals surface area contributed by atoms with Crippen LogP contribution < -0.4 is 5.32 Å². The molecule has 1 atom stereocenters. The van der Waals surface area contributed by atoms with E-state index < -0.39 is 48.6 Å². The Morgan fingerprint density at radius 1 is 1.05 bits per heavy atom. The van der Waals surface area contributed by atoms with Gasteiger partial charge in [0.1, 0.15) is 6.10 Å². The predicted octanol–water partition coefficient (Wildman–Crippen LogP) is 7.80. The standard InChI is InChI=1S/C27H21Cl2F6N3O3/c1-14(2)40-38-23(26(30,31)32)13-36-24(39)21-8-7-20(18-5-3-4-6-19(18)21)22-12-25(41-37-22,27(33,34)35)15-9-16(28)11-17(29)10-15/h3-11,14H,12-13H2,1-2H3,(H,36,39)/b38-23+. The molecule has 0 saturated carbocycles. The third kappa shape index (κ3) is 6.38. The fourth-order valence-electron chi connectivity index (χ4n) is 4.20. The second kappa shape index (κ2) is 11.4. The number of halogens is 8. The Labute approximate surface area is 239 Å². The van der Waals surface area contributed by atoms with E-state index in [1.54, 1.807) is 18.2 Å². The second-order valence-corrected chi connectivity index (χ2v) is 10.2. The van der Waals surface area contributed by atoms with E-state index in [-0.39, 0.29) is 37.8 Å². The largest absolute Gasteiger partial charge is 0.435 e. The molecule has 0 saturated heterocycles. The normalized spacial score (nSPS) is 17.9. The van der Waals surface area contributed by atoms with Gasteiger partial charge < -0.3 is 15.0 Å². The minimum Gasteiger partial charge on any atom is -0.393 e. The first-order valence-corrected chi connectivity index (χ1v) is 12.8. The third-order valence-electron chi connectivity index (χ3n) is 6.11. The molecule has 41 heavy (non-hydrogen) atoms. The van der Waals surface area contributed by atoms with Crippen molar-refractivity contribution in [1.29, 1.82) is 0 Å². The van der Waals surface area contributed by atoms with Crippen molar-refractivity contribution < 1.29 is 40.8 Å². The van der Waals surface area contributed by atoms with Gasteiger partial charge >= 0.3 is 12.4 Å². The molecule has 0 aliphatic carbocycles. The Kier molecular flexibility index (Phi) is 8.47. The van der Waals surface area contributed by atoms with Crippen LogP contribution >= 0.6 is 23.2 Å². The molecule has 1 unspecified atom stereocenters. The van der Waals surface area contributed by atoms with Gasteiger partial charge in [-0.1, -0.05) is 63.8 Å². The minimum atomic E-state index is -4.92. The van der Waals surface area contributed by atoms with Gasteiger partial charge in [-0.25, -0.2) is 0 Å². The maximum absolute atomic E-state index is 14.4. The van der Waals surface area contributed by atoms with Gasteiger partial charge in [0, 0.05) is 33.2 Å². The van der Waals surface area contributed by atoms with Crippen LogP contribution in [-0.2, 0) is 15.3 Å². The van der Waals surface area contributed by atoms with Crippen molar-refractivity contribution in [2.75, 3.05) is 6.54 Å². The molecule has 1 aliphatic heterocycles. The van der Waals surface area contributed by atoms with E-state index in [0.29, 0.717) is 5.39 Å². The maximum Gasteiger partial charge on any atom is 0.435 e. The van der Waals surface area contributed by atoms with Gasteiger partial charge in [0.05, 0.1) is 12.3 Å². The minimum absolute atomic E-state index is 0.0149. The molecule has 3 aromatic rings. The summed E-state index contributed by atoms with van der Waals surface area (Å²) in [6.07, 6.45) is -11.1. The molecule has 4 rings (SSSR count). The Balaban J connectivity index is 1.67. The van der Waals surface area contributed by atoms with Crippen LogP contribution in [0.5, 0.6) is 0 Å². The van der Waals surface area contributed by atoms with Crippen molar-refractivity contribution in [1.82, 2.24) is 5.32 Å². The Morgan fingerprint density at radius 3 is 2.27 bits per heavy atom. The molecule has 1 N–H and O–H groups in total. The van der Waals surface area contributed by atoms with Crippen molar-refractivity contribution >= 4 is 51.3 Å². The smallest absolute Gasteiger partial charge is 0.393 e. The van der Waals surface area contributed by atoms with Crippen LogP contribution in [0, 0.1) is 0 Å². The van der Waals surface area contributed by atoms with Crippen LogP contribution in [0.4, 0.5) is 26.3 Å². The number of hydrogen-bond donors (Lipinski definition) is 1. The van der Waals surface area contributed by atoms with Crippen molar-refractivity contribution in [2.45, 2.75) is 44.3 Å². The highest BCUT2D eigenvalue weighted by molar-refractivity contribution is 6.34. The number of carbonyl (C=O) groups is 1. The number of nitrogens with one attached hydrogen (secondary N) is 1. The summed E-state index contributed by atoms with van der Waals surface area (Å²) in [5.74, 6) is -0.864. The summed E-state index contributed by atoms with van der Waals surface area (Å²) in [4.78, 5) is 22.7. The number of oxime groups is 2. The lowest BCUT2D eigenvalue weighted by Crippen LogP contribution is -2.42. The fraction of sp³-hybridized carbons (Fsp3) is 0.296. The average Bonchev–Trinajstić information content (AvgIpc) is 3.33. The Hall–Kier alpha value is -3.51. The van der Waals surface area contributed by atoms with E-state index in [1.165, 1.54) is 38.1 Å². The number of hydrogen-bond acceptors (Lipinski definition) is 5. The van der Waals surface area contributed by atoms with Gasteiger partial charge in [0.15, 0.2) is 5.71 Å². The molecule has 0 aromatic heterocycles. The second-order valence-electron chi connectivity index (χ2n) is 9.37. The van der Waals surface area contributed by atoms with Gasteiger partial charge in [-0.3, -0.25) is 4.79 Å². The molecule has 0 spiro atoms. The molecule has 14 heteroatoms. The van der Waals surface area contributed by atoms with Gasteiger partial charge in [-0.2, -0.15) is 26.3 Å². The number of fused-ring (bicyclic) bond motifs is 1. The quantitative estimate of drug-likeness (QED) is 0.167. The molecular formula is C27H21Cl2F6N3O3. The topological polar surface area (TPSA) is 72.3 Å². The van der Waals surface area contributed by atoms with Crippen LogP contribution in [0.1, 0.15) is 41.8 Å². The highest BCUT2D eigenvalue weighted by Gasteiger charge is 2.62. The molecule has 6 nitrogen and oxygen atoms in total. The zero-order valence-electron chi connectivity index (χ0n) is 21.3. The summed E-state index contributed by atoms with van der Waals surface area (Å²) < 4.78 is 83.3. The molecule has 1 amide bonds. The third-order valence-corrected chi connectivity index (χ3v) is 6.55. The van der Waals surface area contributed by atoms with Crippen molar-refractivity contribution in [2.24, 2.45) is 10.3 Å². The molecular weight excluding hydrogens is 599 g/mol. The lowest BCUT2D eigenvalue weighted by atomic mass is 9.85. The van der Waals surface area contributed by atoms with Crippen LogP contribution in [0.2, 0.25) is 10.0 Å². The van der Waals surface area contributed by atoms with Gasteiger partial charge in [0.25, 0.3) is 11.5 Å². The van der Waals surface area contributed by atoms with Crippen LogP contribution in [-0.4, -0.2) is 42.3 Å². The number of alkyl halides is 6. The lowest BCUT2D eigenvalue weighted by molar-refractivity contribution is -0.275. The summed E-state index contributed by atoms with van der Waals surface area (Å²) in [7, 11) is 0. The van der Waals surface area contributed by atoms with Gasteiger partial charge in [0.2, 0.25) is 0 Å². The van der Waals surface area contributed by atoms with Gasteiger partial charge in [-0.15, -0.1) is 0 Å². The summed E-state index contributed by atoms with van der Waals surface area (Å²) in [6, 6.07) is 12.3. The number of benzene rings is 3. The zero-order chi connectivity index (χ0) is 30.2. The number of nitrogens with zero attached hydrogens (tertiary/aromatic N) is 2. The lowest BCUT2D eigenvalue weighted by Gasteiger charge is -2.29. The van der Waals surface area contributed by atoms with Crippen LogP contribution in [0.25, 0.3) is 10.8 Å². The molecule has 0 bridgehead atoms. The number of carbonyl (C=O) groups excluding carboxylic acids is 1. The molecule has 218 valence electrons. The van der Waals surface area contributed by atoms with E-state index in [2.05, 4.69) is 15.6 Å². The van der Waals surface area contributed by atoms with E-state index >= 15 is 0 Å². The van der Waals surface area contributed by atoms with Crippen molar-refractivity contribution in [3.63, 3.8) is 0 Å². The average molecular weight is 620 g/mol. The summed E-state index contributed by atoms with van der Waals surface area (Å²) in [6.45, 7) is 2.01. The van der Waals surface area contributed by atoms with E-state index in [4.69, 9.17) is 32.9 Å². The molecule has 1 aliphatic rings. The molecule has 0 fully saturated rings. The van der Waals surface area contributed by atoms with Crippen molar-refractivity contribution in [3.8, 4) is 0 Å². The predicted molar refractivity (Wildman–Crippen MR) is 142 cm³/mol. The summed E-state index contributed by atoms with van der Waals surface area (Å²) in [5, 5.41) is 9.59. The molecule has 3 aromatic carbocycles. The Bertz CT molecular complexity index is 1520. The maximum atomic E-state index is 14.4. The van der Waals surface area contributed by atoms with E-state index in [0.717, 1.165) is 12.1 Å². The van der Waals surface area contributed by atoms with Gasteiger partial charge in [-0.05, 0) is 48.9 Å². The van der Waals surface area contributed by atoms with E-state index in [1.807, 2.05) is 0 Å². The summed E-state index contributed by atoms with van der Waals surface area (Å²) in [5.41, 5.74) is -4.41. The first kappa shape index (κ1) is 30.4.